The minimum atomic E-state index is -1.09. The van der Waals surface area contributed by atoms with Gasteiger partial charge in [-0.2, -0.15) is 0 Å². The smallest absolute Gasteiger partial charge is 0.229 e. The van der Waals surface area contributed by atoms with E-state index in [9.17, 15) is 25.3 Å². The number of hydrogen-bond donors (Lipinski definition) is 1. The van der Waals surface area contributed by atoms with Crippen LogP contribution in [0.25, 0.3) is 0 Å². The minimum absolute atomic E-state index is 0.116. The number of unbranched alkanes of at least 4 members (excludes halogenated alkanes) is 14. The number of nitro groups is 2. The molecule has 0 aromatic carbocycles. The SMILES string of the molecule is CCCCCCCCCCCCCCCCCC(CCC(O)C[N+](=O)[O-])[N+](=O)[O-]. The van der Waals surface area contributed by atoms with Gasteiger partial charge in [0.2, 0.25) is 12.6 Å². The summed E-state index contributed by atoms with van der Waals surface area (Å²) in [5, 5.41) is 30.9. The number of aliphatic hydroxyl groups excluding tert-OH is 1. The molecule has 0 heterocycles. The molecule has 0 aromatic heterocycles. The standard InChI is InChI=1S/C22H44N2O5/c1-2-3-4-5-6-7-8-9-10-11-12-13-14-15-16-17-21(24(28)29)18-19-22(25)20-23(26)27/h21-22,25H,2-20H2,1H3. The van der Waals surface area contributed by atoms with Gasteiger partial charge in [0.15, 0.2) is 0 Å². The van der Waals surface area contributed by atoms with Crippen molar-refractivity contribution < 1.29 is 15.0 Å². The minimum Gasteiger partial charge on any atom is -0.386 e. The zero-order valence-corrected chi connectivity index (χ0v) is 18.6. The molecule has 7 nitrogen and oxygen atoms in total. The summed E-state index contributed by atoms with van der Waals surface area (Å²) in [4.78, 5) is 20.5. The zero-order chi connectivity index (χ0) is 21.7. The maximum atomic E-state index is 11.1. The second kappa shape index (κ2) is 20.0. The summed E-state index contributed by atoms with van der Waals surface area (Å²) in [6, 6.07) is -0.696. The number of aliphatic hydroxyl groups is 1. The lowest BCUT2D eigenvalue weighted by Crippen LogP contribution is -2.25. The molecule has 0 saturated carbocycles. The molecule has 1 N–H and O–H groups in total. The highest BCUT2D eigenvalue weighted by atomic mass is 16.6. The number of rotatable bonds is 22. The fourth-order valence-electron chi connectivity index (χ4n) is 3.75. The van der Waals surface area contributed by atoms with Gasteiger partial charge < -0.3 is 5.11 Å². The average Bonchev–Trinajstić information content (AvgIpc) is 2.66. The molecule has 0 aromatic rings. The van der Waals surface area contributed by atoms with Crippen molar-refractivity contribution in [3.05, 3.63) is 20.2 Å². The highest BCUT2D eigenvalue weighted by Gasteiger charge is 2.22. The Hall–Kier alpha value is -1.24. The summed E-state index contributed by atoms with van der Waals surface area (Å²) in [7, 11) is 0. The predicted octanol–water partition coefficient (Wildman–Crippen LogP) is 6.31. The van der Waals surface area contributed by atoms with Crippen LogP contribution in [0.5, 0.6) is 0 Å². The van der Waals surface area contributed by atoms with E-state index in [4.69, 9.17) is 0 Å². The third kappa shape index (κ3) is 19.8. The van der Waals surface area contributed by atoms with Crippen LogP contribution in [0, 0.1) is 20.2 Å². The Bertz CT molecular complexity index is 407. The first kappa shape index (κ1) is 27.8. The van der Waals surface area contributed by atoms with E-state index < -0.39 is 23.6 Å². The quantitative estimate of drug-likeness (QED) is 0.126. The van der Waals surface area contributed by atoms with Crippen LogP contribution in [0.15, 0.2) is 0 Å². The molecule has 0 rings (SSSR count). The molecular weight excluding hydrogens is 372 g/mol. The molecule has 2 unspecified atom stereocenters. The van der Waals surface area contributed by atoms with E-state index in [1.807, 2.05) is 0 Å². The molecule has 0 aliphatic rings. The molecular formula is C22H44N2O5. The van der Waals surface area contributed by atoms with Crippen LogP contribution in [-0.2, 0) is 0 Å². The molecule has 0 spiro atoms. The van der Waals surface area contributed by atoms with Crippen LogP contribution in [0.4, 0.5) is 0 Å². The number of hydrogen-bond acceptors (Lipinski definition) is 5. The van der Waals surface area contributed by atoms with Crippen LogP contribution >= 0.6 is 0 Å². The van der Waals surface area contributed by atoms with E-state index >= 15 is 0 Å². The van der Waals surface area contributed by atoms with Gasteiger partial charge in [-0.15, -0.1) is 0 Å². The van der Waals surface area contributed by atoms with Crippen molar-refractivity contribution in [3.63, 3.8) is 0 Å². The largest absolute Gasteiger partial charge is 0.386 e. The van der Waals surface area contributed by atoms with Crippen LogP contribution in [0.2, 0.25) is 0 Å². The van der Waals surface area contributed by atoms with E-state index in [0.29, 0.717) is 6.42 Å². The summed E-state index contributed by atoms with van der Waals surface area (Å²) in [5.74, 6) is 0. The van der Waals surface area contributed by atoms with Crippen molar-refractivity contribution in [1.82, 2.24) is 0 Å². The molecule has 0 aliphatic heterocycles. The summed E-state index contributed by atoms with van der Waals surface area (Å²) in [5.41, 5.74) is 0. The Labute approximate surface area is 177 Å². The van der Waals surface area contributed by atoms with Gasteiger partial charge in [-0.1, -0.05) is 96.8 Å². The highest BCUT2D eigenvalue weighted by Crippen LogP contribution is 2.16. The van der Waals surface area contributed by atoms with Gasteiger partial charge in [-0.25, -0.2) is 0 Å². The van der Waals surface area contributed by atoms with Crippen molar-refractivity contribution in [1.29, 1.82) is 0 Å². The van der Waals surface area contributed by atoms with Crippen LogP contribution < -0.4 is 0 Å². The lowest BCUT2D eigenvalue weighted by Gasteiger charge is -2.11. The van der Waals surface area contributed by atoms with Crippen LogP contribution in [-0.4, -0.2) is 33.6 Å². The Morgan fingerprint density at radius 3 is 1.45 bits per heavy atom. The molecule has 0 saturated heterocycles. The summed E-state index contributed by atoms with van der Waals surface area (Å²) in [6.45, 7) is 1.71. The van der Waals surface area contributed by atoms with Gasteiger partial charge in [-0.05, 0) is 12.8 Å². The first-order valence-electron chi connectivity index (χ1n) is 11.9. The van der Waals surface area contributed by atoms with Gasteiger partial charge >= 0.3 is 0 Å². The second-order valence-corrected chi connectivity index (χ2v) is 8.42. The molecule has 0 bridgehead atoms. The van der Waals surface area contributed by atoms with E-state index in [1.165, 1.54) is 77.0 Å². The van der Waals surface area contributed by atoms with Crippen molar-refractivity contribution in [2.45, 2.75) is 135 Å². The van der Waals surface area contributed by atoms with Crippen molar-refractivity contribution in [3.8, 4) is 0 Å². The second-order valence-electron chi connectivity index (χ2n) is 8.42. The maximum Gasteiger partial charge on any atom is 0.229 e. The Morgan fingerprint density at radius 2 is 1.07 bits per heavy atom. The molecule has 29 heavy (non-hydrogen) atoms. The fourth-order valence-corrected chi connectivity index (χ4v) is 3.75. The van der Waals surface area contributed by atoms with Gasteiger partial charge in [0.05, 0.1) is 0 Å². The Balaban J connectivity index is 3.48. The topological polar surface area (TPSA) is 107 Å². The summed E-state index contributed by atoms with van der Waals surface area (Å²) < 4.78 is 0. The van der Waals surface area contributed by atoms with Crippen LogP contribution in [0.1, 0.15) is 122 Å². The molecule has 0 fully saturated rings. The van der Waals surface area contributed by atoms with E-state index in [-0.39, 0.29) is 17.8 Å². The Morgan fingerprint density at radius 1 is 0.655 bits per heavy atom. The predicted molar refractivity (Wildman–Crippen MR) is 117 cm³/mol. The lowest BCUT2D eigenvalue weighted by molar-refractivity contribution is -0.525. The molecule has 0 aliphatic carbocycles. The van der Waals surface area contributed by atoms with Crippen molar-refractivity contribution >= 4 is 0 Å². The lowest BCUT2D eigenvalue weighted by atomic mass is 10.0. The summed E-state index contributed by atoms with van der Waals surface area (Å²) in [6.07, 6.45) is 18.7. The van der Waals surface area contributed by atoms with E-state index in [0.717, 1.165) is 19.3 Å². The average molecular weight is 417 g/mol. The van der Waals surface area contributed by atoms with Gasteiger partial charge in [0.1, 0.15) is 6.10 Å². The molecule has 0 radical (unpaired) electrons. The molecule has 7 heteroatoms. The fraction of sp³-hybridized carbons (Fsp3) is 1.00. The first-order chi connectivity index (χ1) is 14.0. The molecule has 172 valence electrons. The maximum absolute atomic E-state index is 11.1. The van der Waals surface area contributed by atoms with Crippen molar-refractivity contribution in [2.24, 2.45) is 0 Å². The van der Waals surface area contributed by atoms with E-state index in [2.05, 4.69) is 6.92 Å². The first-order valence-corrected chi connectivity index (χ1v) is 11.9. The monoisotopic (exact) mass is 416 g/mol. The third-order valence-corrected chi connectivity index (χ3v) is 5.63. The normalized spacial score (nSPS) is 13.3. The Kier molecular flexibility index (Phi) is 19.2. The van der Waals surface area contributed by atoms with Gasteiger partial charge in [0.25, 0.3) is 0 Å². The molecule has 2 atom stereocenters. The number of nitrogens with zero attached hydrogens (tertiary/aromatic N) is 2. The van der Waals surface area contributed by atoms with Crippen molar-refractivity contribution in [2.75, 3.05) is 6.54 Å². The van der Waals surface area contributed by atoms with Gasteiger partial charge in [-0.3, -0.25) is 20.2 Å². The summed E-state index contributed by atoms with van der Waals surface area (Å²) >= 11 is 0. The van der Waals surface area contributed by atoms with Crippen LogP contribution in [0.3, 0.4) is 0 Å². The molecule has 0 amide bonds. The highest BCUT2D eigenvalue weighted by molar-refractivity contribution is 4.62. The van der Waals surface area contributed by atoms with E-state index in [1.54, 1.807) is 0 Å². The third-order valence-electron chi connectivity index (χ3n) is 5.63. The zero-order valence-electron chi connectivity index (χ0n) is 18.6. The van der Waals surface area contributed by atoms with Gasteiger partial charge in [0, 0.05) is 22.7 Å².